The van der Waals surface area contributed by atoms with Crippen molar-refractivity contribution in [1.29, 1.82) is 0 Å². The lowest BCUT2D eigenvalue weighted by atomic mass is 10.3. The number of nitrogens with zero attached hydrogens (tertiary/aromatic N) is 3. The first-order valence-corrected chi connectivity index (χ1v) is 5.80. The molecule has 3 nitrogen and oxygen atoms in total. The van der Waals surface area contributed by atoms with E-state index in [-0.39, 0.29) is 0 Å². The molecule has 14 heavy (non-hydrogen) atoms. The molecule has 0 aliphatic rings. The van der Waals surface area contributed by atoms with Crippen molar-refractivity contribution in [2.75, 3.05) is 20.1 Å². The van der Waals surface area contributed by atoms with Gasteiger partial charge in [-0.2, -0.15) is 0 Å². The summed E-state index contributed by atoms with van der Waals surface area (Å²) in [5.41, 5.74) is 0. The van der Waals surface area contributed by atoms with Crippen LogP contribution in [-0.2, 0) is 13.5 Å². The van der Waals surface area contributed by atoms with Gasteiger partial charge in [0.25, 0.3) is 0 Å². The van der Waals surface area contributed by atoms with Crippen molar-refractivity contribution in [1.82, 2.24) is 14.5 Å². The second-order valence-electron chi connectivity index (χ2n) is 3.75. The fourth-order valence-corrected chi connectivity index (χ4v) is 1.94. The first-order chi connectivity index (χ1) is 6.59. The molecule has 0 amide bonds. The van der Waals surface area contributed by atoms with Crippen LogP contribution in [0.1, 0.15) is 12.7 Å². The van der Waals surface area contributed by atoms with Crippen LogP contribution >= 0.6 is 15.9 Å². The molecule has 0 saturated heterocycles. The SMILES string of the molecule is CC(Br)CN(C)CCc1nccn1C. The maximum absolute atomic E-state index is 4.29. The molecule has 0 spiro atoms. The molecule has 1 aromatic rings. The Labute approximate surface area is 94.3 Å². The number of imidazole rings is 1. The summed E-state index contributed by atoms with van der Waals surface area (Å²) >= 11 is 3.55. The highest BCUT2D eigenvalue weighted by atomic mass is 79.9. The zero-order valence-electron chi connectivity index (χ0n) is 9.07. The summed E-state index contributed by atoms with van der Waals surface area (Å²) in [6, 6.07) is 0. The Morgan fingerprint density at radius 3 is 2.86 bits per heavy atom. The van der Waals surface area contributed by atoms with Gasteiger partial charge in [-0.1, -0.05) is 22.9 Å². The molecular weight excluding hydrogens is 242 g/mol. The maximum Gasteiger partial charge on any atom is 0.109 e. The predicted molar refractivity (Wildman–Crippen MR) is 62.8 cm³/mol. The standard InChI is InChI=1S/C10H18BrN3/c1-9(11)8-13(2)6-4-10-12-5-7-14(10)3/h5,7,9H,4,6,8H2,1-3H3. The zero-order chi connectivity index (χ0) is 10.6. The highest BCUT2D eigenvalue weighted by molar-refractivity contribution is 9.09. The van der Waals surface area contributed by atoms with E-state index in [2.05, 4.69) is 44.4 Å². The lowest BCUT2D eigenvalue weighted by Crippen LogP contribution is -2.27. The fourth-order valence-electron chi connectivity index (χ4n) is 1.45. The van der Waals surface area contributed by atoms with E-state index < -0.39 is 0 Å². The van der Waals surface area contributed by atoms with Gasteiger partial charge in [0, 0.05) is 43.8 Å². The smallest absolute Gasteiger partial charge is 0.109 e. The summed E-state index contributed by atoms with van der Waals surface area (Å²) in [6.07, 6.45) is 4.85. The van der Waals surface area contributed by atoms with Crippen molar-refractivity contribution in [3.8, 4) is 0 Å². The van der Waals surface area contributed by atoms with Crippen molar-refractivity contribution in [2.24, 2.45) is 7.05 Å². The lowest BCUT2D eigenvalue weighted by Gasteiger charge is -2.17. The van der Waals surface area contributed by atoms with Crippen molar-refractivity contribution < 1.29 is 0 Å². The molecule has 0 fully saturated rings. The van der Waals surface area contributed by atoms with E-state index in [1.165, 1.54) is 0 Å². The number of halogens is 1. The van der Waals surface area contributed by atoms with Crippen molar-refractivity contribution in [3.63, 3.8) is 0 Å². The summed E-state index contributed by atoms with van der Waals surface area (Å²) in [6.45, 7) is 4.29. The molecular formula is C10H18BrN3. The number of likely N-dealkylation sites (N-methyl/N-ethyl adjacent to an activating group) is 1. The zero-order valence-corrected chi connectivity index (χ0v) is 10.7. The third-order valence-electron chi connectivity index (χ3n) is 2.20. The quantitative estimate of drug-likeness (QED) is 0.751. The van der Waals surface area contributed by atoms with Crippen LogP contribution in [0.4, 0.5) is 0 Å². The second kappa shape index (κ2) is 5.51. The number of alkyl halides is 1. The first-order valence-electron chi connectivity index (χ1n) is 4.88. The molecule has 0 saturated carbocycles. The van der Waals surface area contributed by atoms with Gasteiger partial charge in [0.15, 0.2) is 0 Å². The fraction of sp³-hybridized carbons (Fsp3) is 0.700. The number of rotatable bonds is 5. The molecule has 1 aromatic heterocycles. The largest absolute Gasteiger partial charge is 0.338 e. The molecule has 1 heterocycles. The van der Waals surface area contributed by atoms with E-state index >= 15 is 0 Å². The Morgan fingerprint density at radius 2 is 2.36 bits per heavy atom. The average molecular weight is 260 g/mol. The number of hydrogen-bond acceptors (Lipinski definition) is 2. The van der Waals surface area contributed by atoms with Crippen LogP contribution < -0.4 is 0 Å². The van der Waals surface area contributed by atoms with Crippen LogP contribution in [0, 0.1) is 0 Å². The van der Waals surface area contributed by atoms with Crippen LogP contribution in [0.15, 0.2) is 12.4 Å². The highest BCUT2D eigenvalue weighted by Crippen LogP contribution is 2.01. The first kappa shape index (κ1) is 11.7. The van der Waals surface area contributed by atoms with Crippen LogP contribution in [-0.4, -0.2) is 39.4 Å². The molecule has 1 atom stereocenters. The molecule has 1 unspecified atom stereocenters. The summed E-state index contributed by atoms with van der Waals surface area (Å²) < 4.78 is 2.07. The monoisotopic (exact) mass is 259 g/mol. The van der Waals surface area contributed by atoms with Crippen LogP contribution in [0.25, 0.3) is 0 Å². The van der Waals surface area contributed by atoms with Gasteiger partial charge in [-0.05, 0) is 7.05 Å². The number of aromatic nitrogens is 2. The van der Waals surface area contributed by atoms with E-state index in [1.54, 1.807) is 0 Å². The van der Waals surface area contributed by atoms with Crippen molar-refractivity contribution >= 4 is 15.9 Å². The molecule has 80 valence electrons. The molecule has 1 rings (SSSR count). The third-order valence-corrected chi connectivity index (χ3v) is 2.49. The number of aryl methyl sites for hydroxylation is 1. The van der Waals surface area contributed by atoms with Gasteiger partial charge in [0.1, 0.15) is 5.82 Å². The molecule has 0 bridgehead atoms. The minimum Gasteiger partial charge on any atom is -0.338 e. The second-order valence-corrected chi connectivity index (χ2v) is 5.31. The minimum atomic E-state index is 0.550. The predicted octanol–water partition coefficient (Wildman–Crippen LogP) is 1.68. The van der Waals surface area contributed by atoms with Gasteiger partial charge in [0.05, 0.1) is 0 Å². The Morgan fingerprint density at radius 1 is 1.64 bits per heavy atom. The molecule has 0 aliphatic carbocycles. The Bertz CT molecular complexity index is 270. The average Bonchev–Trinajstić information content (AvgIpc) is 2.46. The molecule has 0 aliphatic heterocycles. The maximum atomic E-state index is 4.29. The summed E-state index contributed by atoms with van der Waals surface area (Å²) in [5.74, 6) is 1.15. The van der Waals surface area contributed by atoms with Gasteiger partial charge in [-0.15, -0.1) is 0 Å². The lowest BCUT2D eigenvalue weighted by molar-refractivity contribution is 0.340. The topological polar surface area (TPSA) is 21.1 Å². The minimum absolute atomic E-state index is 0.550. The number of hydrogen-bond donors (Lipinski definition) is 0. The van der Waals surface area contributed by atoms with Crippen LogP contribution in [0.3, 0.4) is 0 Å². The van der Waals surface area contributed by atoms with Crippen molar-refractivity contribution in [3.05, 3.63) is 18.2 Å². The van der Waals surface area contributed by atoms with E-state index in [4.69, 9.17) is 0 Å². The van der Waals surface area contributed by atoms with E-state index in [0.717, 1.165) is 25.3 Å². The summed E-state index contributed by atoms with van der Waals surface area (Å²) in [7, 11) is 4.18. The third kappa shape index (κ3) is 3.80. The van der Waals surface area contributed by atoms with E-state index in [0.29, 0.717) is 4.83 Å². The molecule has 0 N–H and O–H groups in total. The van der Waals surface area contributed by atoms with Crippen molar-refractivity contribution in [2.45, 2.75) is 18.2 Å². The highest BCUT2D eigenvalue weighted by Gasteiger charge is 2.04. The molecule has 0 aromatic carbocycles. The Kier molecular flexibility index (Phi) is 4.62. The van der Waals surface area contributed by atoms with Crippen LogP contribution in [0.2, 0.25) is 0 Å². The molecule has 0 radical (unpaired) electrons. The van der Waals surface area contributed by atoms with Gasteiger partial charge in [0.2, 0.25) is 0 Å². The Balaban J connectivity index is 2.30. The normalized spacial score (nSPS) is 13.5. The van der Waals surface area contributed by atoms with E-state index in [9.17, 15) is 0 Å². The van der Waals surface area contributed by atoms with Crippen LogP contribution in [0.5, 0.6) is 0 Å². The van der Waals surface area contributed by atoms with Gasteiger partial charge >= 0.3 is 0 Å². The van der Waals surface area contributed by atoms with E-state index in [1.807, 2.05) is 19.4 Å². The van der Waals surface area contributed by atoms with Gasteiger partial charge in [-0.3, -0.25) is 0 Å². The van der Waals surface area contributed by atoms with Gasteiger partial charge < -0.3 is 9.47 Å². The Hall–Kier alpha value is -0.350. The summed E-state index contributed by atoms with van der Waals surface area (Å²) in [4.78, 5) is 7.15. The molecule has 4 heteroatoms. The summed E-state index contributed by atoms with van der Waals surface area (Å²) in [5, 5.41) is 0. The van der Waals surface area contributed by atoms with Gasteiger partial charge in [-0.25, -0.2) is 4.98 Å².